The normalized spacial score (nSPS) is 12.6. The molecular weight excluding hydrogens is 339 g/mol. The second kappa shape index (κ2) is 7.37. The molecule has 2 rings (SSSR count). The SMILES string of the molecule is Cc1ccccc1C(CC(F)(F)F)NC(=O)c1ccnn1CC(=O)O. The van der Waals surface area contributed by atoms with E-state index in [1.165, 1.54) is 18.3 Å². The fourth-order valence-corrected chi connectivity index (χ4v) is 2.46. The Balaban J connectivity index is 2.28. The summed E-state index contributed by atoms with van der Waals surface area (Å²) in [5.74, 6) is -2.04. The number of alkyl halides is 3. The van der Waals surface area contributed by atoms with Gasteiger partial charge in [-0.1, -0.05) is 24.3 Å². The molecule has 0 aliphatic carbocycles. The Morgan fingerprint density at radius 3 is 2.56 bits per heavy atom. The van der Waals surface area contributed by atoms with Crippen molar-refractivity contribution in [2.24, 2.45) is 0 Å². The topological polar surface area (TPSA) is 84.2 Å². The lowest BCUT2D eigenvalue weighted by Gasteiger charge is -2.22. The minimum Gasteiger partial charge on any atom is -0.480 e. The molecule has 1 atom stereocenters. The molecule has 0 radical (unpaired) electrons. The van der Waals surface area contributed by atoms with Crippen molar-refractivity contribution in [3.63, 3.8) is 0 Å². The van der Waals surface area contributed by atoms with E-state index >= 15 is 0 Å². The number of amides is 1. The van der Waals surface area contributed by atoms with Crippen molar-refractivity contribution in [2.45, 2.75) is 32.1 Å². The zero-order chi connectivity index (χ0) is 18.6. The molecule has 0 aliphatic heterocycles. The lowest BCUT2D eigenvalue weighted by molar-refractivity contribution is -0.140. The van der Waals surface area contributed by atoms with Crippen LogP contribution in [0.3, 0.4) is 0 Å². The summed E-state index contributed by atoms with van der Waals surface area (Å²) in [6, 6.07) is 6.41. The molecular formula is C16H16F3N3O3. The summed E-state index contributed by atoms with van der Waals surface area (Å²) < 4.78 is 39.7. The summed E-state index contributed by atoms with van der Waals surface area (Å²) in [7, 11) is 0. The number of aryl methyl sites for hydroxylation is 1. The van der Waals surface area contributed by atoms with Gasteiger partial charge < -0.3 is 10.4 Å². The molecule has 1 unspecified atom stereocenters. The van der Waals surface area contributed by atoms with Crippen LogP contribution in [0.15, 0.2) is 36.5 Å². The standard InChI is InChI=1S/C16H16F3N3O3/c1-10-4-2-3-5-11(10)12(8-16(17,18)19)21-15(25)13-6-7-20-22(13)9-14(23)24/h2-7,12H,8-9H2,1H3,(H,21,25)(H,23,24). The zero-order valence-corrected chi connectivity index (χ0v) is 13.2. The van der Waals surface area contributed by atoms with Gasteiger partial charge in [0, 0.05) is 6.20 Å². The summed E-state index contributed by atoms with van der Waals surface area (Å²) in [5.41, 5.74) is 0.830. The van der Waals surface area contributed by atoms with Crippen LogP contribution in [-0.4, -0.2) is 32.9 Å². The third-order valence-corrected chi connectivity index (χ3v) is 3.54. The van der Waals surface area contributed by atoms with Crippen LogP contribution in [0.25, 0.3) is 0 Å². The molecule has 1 aromatic carbocycles. The van der Waals surface area contributed by atoms with Crippen LogP contribution in [0.5, 0.6) is 0 Å². The van der Waals surface area contributed by atoms with E-state index in [2.05, 4.69) is 10.4 Å². The number of halogens is 3. The molecule has 1 aromatic heterocycles. The molecule has 9 heteroatoms. The van der Waals surface area contributed by atoms with Crippen molar-refractivity contribution in [3.05, 3.63) is 53.3 Å². The molecule has 2 N–H and O–H groups in total. The maximum atomic E-state index is 12.9. The Morgan fingerprint density at radius 2 is 1.96 bits per heavy atom. The van der Waals surface area contributed by atoms with Gasteiger partial charge in [0.25, 0.3) is 5.91 Å². The minimum atomic E-state index is -4.48. The number of hydrogen-bond donors (Lipinski definition) is 2. The second-order valence-corrected chi connectivity index (χ2v) is 5.47. The minimum absolute atomic E-state index is 0.122. The Hall–Kier alpha value is -2.84. The number of rotatable bonds is 6. The van der Waals surface area contributed by atoms with Crippen LogP contribution in [0.4, 0.5) is 13.2 Å². The molecule has 0 bridgehead atoms. The summed E-state index contributed by atoms with van der Waals surface area (Å²) >= 11 is 0. The second-order valence-electron chi connectivity index (χ2n) is 5.47. The number of aromatic nitrogens is 2. The molecule has 0 aliphatic rings. The summed E-state index contributed by atoms with van der Waals surface area (Å²) in [6.07, 6.45) is -4.51. The number of carbonyl (C=O) groups is 2. The van der Waals surface area contributed by atoms with Gasteiger partial charge in [-0.3, -0.25) is 9.59 Å². The lowest BCUT2D eigenvalue weighted by atomic mass is 9.98. The zero-order valence-electron chi connectivity index (χ0n) is 13.2. The van der Waals surface area contributed by atoms with E-state index in [4.69, 9.17) is 5.11 Å². The van der Waals surface area contributed by atoms with Gasteiger partial charge in [-0.25, -0.2) is 4.68 Å². The predicted molar refractivity (Wildman–Crippen MR) is 81.9 cm³/mol. The van der Waals surface area contributed by atoms with E-state index in [0.29, 0.717) is 11.1 Å². The van der Waals surface area contributed by atoms with Crippen LogP contribution in [-0.2, 0) is 11.3 Å². The first kappa shape index (κ1) is 18.5. The average molecular weight is 355 g/mol. The predicted octanol–water partition coefficient (Wildman–Crippen LogP) is 2.70. The van der Waals surface area contributed by atoms with Gasteiger partial charge in [-0.2, -0.15) is 18.3 Å². The van der Waals surface area contributed by atoms with Gasteiger partial charge >= 0.3 is 12.1 Å². The van der Waals surface area contributed by atoms with Gasteiger partial charge in [-0.15, -0.1) is 0 Å². The number of nitrogens with zero attached hydrogens (tertiary/aromatic N) is 2. The maximum Gasteiger partial charge on any atom is 0.391 e. The van der Waals surface area contributed by atoms with Crippen molar-refractivity contribution >= 4 is 11.9 Å². The average Bonchev–Trinajstić information content (AvgIpc) is 2.93. The highest BCUT2D eigenvalue weighted by Crippen LogP contribution is 2.31. The number of carboxylic acids is 1. The number of hydrogen-bond acceptors (Lipinski definition) is 3. The third kappa shape index (κ3) is 5.07. The van der Waals surface area contributed by atoms with E-state index < -0.39 is 37.1 Å². The van der Waals surface area contributed by atoms with Gasteiger partial charge in [-0.05, 0) is 24.1 Å². The first-order chi connectivity index (χ1) is 11.7. The van der Waals surface area contributed by atoms with E-state index in [0.717, 1.165) is 4.68 Å². The highest BCUT2D eigenvalue weighted by molar-refractivity contribution is 5.93. The lowest BCUT2D eigenvalue weighted by Crippen LogP contribution is -2.34. The molecule has 0 fully saturated rings. The first-order valence-corrected chi connectivity index (χ1v) is 7.34. The van der Waals surface area contributed by atoms with Crippen LogP contribution in [0.1, 0.15) is 34.1 Å². The van der Waals surface area contributed by atoms with Crippen molar-refractivity contribution in [1.82, 2.24) is 15.1 Å². The summed E-state index contributed by atoms with van der Waals surface area (Å²) in [5, 5.41) is 14.8. The van der Waals surface area contributed by atoms with Crippen LogP contribution >= 0.6 is 0 Å². The number of nitrogens with one attached hydrogen (secondary N) is 1. The van der Waals surface area contributed by atoms with E-state index in [9.17, 15) is 22.8 Å². The van der Waals surface area contributed by atoms with Crippen molar-refractivity contribution < 1.29 is 27.9 Å². The molecule has 6 nitrogen and oxygen atoms in total. The fourth-order valence-electron chi connectivity index (χ4n) is 2.46. The Morgan fingerprint density at radius 1 is 1.28 bits per heavy atom. The Bertz CT molecular complexity index is 771. The molecule has 2 aromatic rings. The van der Waals surface area contributed by atoms with Gasteiger partial charge in [0.05, 0.1) is 12.5 Å². The molecule has 25 heavy (non-hydrogen) atoms. The number of benzene rings is 1. The molecule has 1 amide bonds. The van der Waals surface area contributed by atoms with Crippen LogP contribution < -0.4 is 5.32 Å². The fraction of sp³-hybridized carbons (Fsp3) is 0.312. The monoisotopic (exact) mass is 355 g/mol. The van der Waals surface area contributed by atoms with Crippen LogP contribution in [0.2, 0.25) is 0 Å². The maximum absolute atomic E-state index is 12.9. The molecule has 0 spiro atoms. The van der Waals surface area contributed by atoms with E-state index in [1.54, 1.807) is 25.1 Å². The number of carboxylic acid groups (broad SMARTS) is 1. The van der Waals surface area contributed by atoms with Crippen molar-refractivity contribution in [3.8, 4) is 0 Å². The largest absolute Gasteiger partial charge is 0.480 e. The van der Waals surface area contributed by atoms with Crippen LogP contribution in [0, 0.1) is 6.92 Å². The smallest absolute Gasteiger partial charge is 0.391 e. The molecule has 134 valence electrons. The molecule has 1 heterocycles. The molecule has 0 saturated heterocycles. The van der Waals surface area contributed by atoms with Gasteiger partial charge in [0.1, 0.15) is 12.2 Å². The first-order valence-electron chi connectivity index (χ1n) is 7.34. The third-order valence-electron chi connectivity index (χ3n) is 3.54. The van der Waals surface area contributed by atoms with Crippen molar-refractivity contribution in [2.75, 3.05) is 0 Å². The Labute approximate surface area is 141 Å². The number of aliphatic carboxylic acids is 1. The van der Waals surface area contributed by atoms with Crippen molar-refractivity contribution in [1.29, 1.82) is 0 Å². The summed E-state index contributed by atoms with van der Waals surface area (Å²) in [4.78, 5) is 23.1. The van der Waals surface area contributed by atoms with E-state index in [1.807, 2.05) is 0 Å². The highest BCUT2D eigenvalue weighted by atomic mass is 19.4. The number of carbonyl (C=O) groups excluding carboxylic acids is 1. The molecule has 0 saturated carbocycles. The van der Waals surface area contributed by atoms with Gasteiger partial charge in [0.15, 0.2) is 0 Å². The Kier molecular flexibility index (Phi) is 5.45. The summed E-state index contributed by atoms with van der Waals surface area (Å²) in [6.45, 7) is 1.09. The van der Waals surface area contributed by atoms with E-state index in [-0.39, 0.29) is 5.69 Å². The highest BCUT2D eigenvalue weighted by Gasteiger charge is 2.34. The van der Waals surface area contributed by atoms with Gasteiger partial charge in [0.2, 0.25) is 0 Å². The quantitative estimate of drug-likeness (QED) is 0.834.